The Balaban J connectivity index is 2.07. The summed E-state index contributed by atoms with van der Waals surface area (Å²) < 4.78 is 14.2. The van der Waals surface area contributed by atoms with Gasteiger partial charge in [-0.2, -0.15) is 5.10 Å². The van der Waals surface area contributed by atoms with Gasteiger partial charge in [-0.25, -0.2) is 4.79 Å². The van der Waals surface area contributed by atoms with Gasteiger partial charge in [0.25, 0.3) is 0 Å². The maximum Gasteiger partial charge on any atom is 0.343 e. The molecule has 0 aliphatic carbocycles. The van der Waals surface area contributed by atoms with Crippen LogP contribution in [0.5, 0.6) is 11.5 Å². The maximum absolute atomic E-state index is 12.7. The molecule has 0 N–H and O–H groups in total. The molecule has 0 bridgehead atoms. The summed E-state index contributed by atoms with van der Waals surface area (Å²) in [6.45, 7) is 3.82. The molecule has 0 aliphatic rings. The molecule has 0 amide bonds. The highest BCUT2D eigenvalue weighted by molar-refractivity contribution is 5.89. The Morgan fingerprint density at radius 2 is 1.93 bits per heavy atom. The summed E-state index contributed by atoms with van der Waals surface area (Å²) in [6, 6.07) is 8.79. The molecular formula is C20H21N3O4. The highest BCUT2D eigenvalue weighted by Crippen LogP contribution is 2.22. The second-order valence-electron chi connectivity index (χ2n) is 6.07. The summed E-state index contributed by atoms with van der Waals surface area (Å²) in [5.74, 6) is -0.105. The van der Waals surface area contributed by atoms with Gasteiger partial charge in [0.15, 0.2) is 5.75 Å². The fraction of sp³-hybridized carbons (Fsp3) is 0.250. The van der Waals surface area contributed by atoms with Gasteiger partial charge in [-0.05, 0) is 26.0 Å². The number of pyridine rings is 1. The van der Waals surface area contributed by atoms with Crippen molar-refractivity contribution in [1.29, 1.82) is 0 Å². The summed E-state index contributed by atoms with van der Waals surface area (Å²) >= 11 is 0. The molecule has 2 heterocycles. The first-order valence-electron chi connectivity index (χ1n) is 8.64. The Hall–Kier alpha value is -3.35. The molecule has 3 aromatic rings. The van der Waals surface area contributed by atoms with Crippen LogP contribution in [0.15, 0.2) is 59.9 Å². The number of hydrogen-bond donors (Lipinski definition) is 0. The van der Waals surface area contributed by atoms with E-state index in [0.29, 0.717) is 5.75 Å². The fourth-order valence-electron chi connectivity index (χ4n) is 2.67. The van der Waals surface area contributed by atoms with Crippen molar-refractivity contribution in [2.24, 2.45) is 7.05 Å². The summed E-state index contributed by atoms with van der Waals surface area (Å²) in [5, 5.41) is 4.18. The number of carbonyl (C=O) groups excluding carboxylic acids is 1. The highest BCUT2D eigenvalue weighted by Gasteiger charge is 2.20. The molecule has 1 atom stereocenters. The topological polar surface area (TPSA) is 75.3 Å². The minimum atomic E-state index is -0.673. The molecule has 0 radical (unpaired) electrons. The number of benzene rings is 1. The van der Waals surface area contributed by atoms with E-state index in [1.165, 1.54) is 6.20 Å². The van der Waals surface area contributed by atoms with E-state index in [0.717, 1.165) is 5.56 Å². The minimum absolute atomic E-state index is 0.0579. The standard InChI is InChI=1S/C20H21N3O4/c1-4-26-20(25)17-12-23(14(2)15-10-21-22(3)11-15)13-18(19(17)24)27-16-8-6-5-7-9-16/h5-14H,4H2,1-3H3/t14-/m0/s1. The van der Waals surface area contributed by atoms with E-state index in [1.54, 1.807) is 52.8 Å². The largest absolute Gasteiger partial charge is 0.462 e. The van der Waals surface area contributed by atoms with Gasteiger partial charge in [-0.1, -0.05) is 18.2 Å². The average Bonchev–Trinajstić information content (AvgIpc) is 3.10. The summed E-state index contributed by atoms with van der Waals surface area (Å²) in [5.41, 5.74) is 0.356. The van der Waals surface area contributed by atoms with Crippen molar-refractivity contribution in [3.05, 3.63) is 76.5 Å². The van der Waals surface area contributed by atoms with Crippen molar-refractivity contribution in [1.82, 2.24) is 14.3 Å². The third kappa shape index (κ3) is 4.08. The van der Waals surface area contributed by atoms with Crippen LogP contribution < -0.4 is 10.2 Å². The summed E-state index contributed by atoms with van der Waals surface area (Å²) in [6.07, 6.45) is 6.71. The second kappa shape index (κ2) is 7.90. The third-order valence-electron chi connectivity index (χ3n) is 4.13. The molecule has 7 heteroatoms. The first-order valence-corrected chi connectivity index (χ1v) is 8.64. The number of esters is 1. The Labute approximate surface area is 156 Å². The summed E-state index contributed by atoms with van der Waals surface area (Å²) in [7, 11) is 1.83. The highest BCUT2D eigenvalue weighted by atomic mass is 16.5. The number of para-hydroxylation sites is 1. The monoisotopic (exact) mass is 367 g/mol. The number of carbonyl (C=O) groups is 1. The number of nitrogens with zero attached hydrogens (tertiary/aromatic N) is 3. The van der Waals surface area contributed by atoms with Gasteiger partial charge >= 0.3 is 5.97 Å². The Kier molecular flexibility index (Phi) is 5.40. The molecule has 27 heavy (non-hydrogen) atoms. The van der Waals surface area contributed by atoms with Gasteiger partial charge in [-0.15, -0.1) is 0 Å². The van der Waals surface area contributed by atoms with Gasteiger partial charge in [-0.3, -0.25) is 9.48 Å². The molecule has 7 nitrogen and oxygen atoms in total. The van der Waals surface area contributed by atoms with Crippen LogP contribution in [0.1, 0.15) is 35.8 Å². The molecule has 2 aromatic heterocycles. The van der Waals surface area contributed by atoms with Crippen LogP contribution in [0.2, 0.25) is 0 Å². The zero-order valence-corrected chi connectivity index (χ0v) is 15.5. The zero-order chi connectivity index (χ0) is 19.4. The lowest BCUT2D eigenvalue weighted by molar-refractivity contribution is 0.0523. The molecule has 0 spiro atoms. The van der Waals surface area contributed by atoms with Crippen molar-refractivity contribution in [3.63, 3.8) is 0 Å². The smallest absolute Gasteiger partial charge is 0.343 e. The van der Waals surface area contributed by atoms with Gasteiger partial charge in [0.05, 0.1) is 25.0 Å². The van der Waals surface area contributed by atoms with Crippen LogP contribution in [0.3, 0.4) is 0 Å². The van der Waals surface area contributed by atoms with E-state index >= 15 is 0 Å². The van der Waals surface area contributed by atoms with Crippen molar-refractivity contribution in [2.45, 2.75) is 19.9 Å². The number of aryl methyl sites for hydroxylation is 1. The van der Waals surface area contributed by atoms with Crippen LogP contribution in [0, 0.1) is 0 Å². The van der Waals surface area contributed by atoms with E-state index in [2.05, 4.69) is 5.10 Å². The Morgan fingerprint density at radius 1 is 1.19 bits per heavy atom. The number of aromatic nitrogens is 3. The van der Waals surface area contributed by atoms with Gasteiger partial charge in [0, 0.05) is 25.0 Å². The molecule has 0 unspecified atom stereocenters. The zero-order valence-electron chi connectivity index (χ0n) is 15.5. The van der Waals surface area contributed by atoms with E-state index in [-0.39, 0.29) is 24.0 Å². The lowest BCUT2D eigenvalue weighted by Gasteiger charge is -2.17. The maximum atomic E-state index is 12.7. The number of ether oxygens (including phenoxy) is 2. The summed E-state index contributed by atoms with van der Waals surface area (Å²) in [4.78, 5) is 25.0. The van der Waals surface area contributed by atoms with Crippen molar-refractivity contribution >= 4 is 5.97 Å². The molecule has 140 valence electrons. The molecule has 0 saturated heterocycles. The quantitative estimate of drug-likeness (QED) is 0.626. The molecular weight excluding hydrogens is 346 g/mol. The van der Waals surface area contributed by atoms with Crippen LogP contribution in [0.4, 0.5) is 0 Å². The fourth-order valence-corrected chi connectivity index (χ4v) is 2.67. The van der Waals surface area contributed by atoms with Crippen molar-refractivity contribution < 1.29 is 14.3 Å². The Morgan fingerprint density at radius 3 is 2.56 bits per heavy atom. The first-order chi connectivity index (χ1) is 13.0. The predicted octanol–water partition coefficient (Wildman–Crippen LogP) is 3.16. The molecule has 0 saturated carbocycles. The average molecular weight is 367 g/mol. The molecule has 0 fully saturated rings. The lowest BCUT2D eigenvalue weighted by atomic mass is 10.1. The third-order valence-corrected chi connectivity index (χ3v) is 4.13. The van der Waals surface area contributed by atoms with E-state index in [1.807, 2.05) is 26.2 Å². The van der Waals surface area contributed by atoms with E-state index in [4.69, 9.17) is 9.47 Å². The minimum Gasteiger partial charge on any atom is -0.462 e. The van der Waals surface area contributed by atoms with Crippen LogP contribution in [-0.2, 0) is 11.8 Å². The van der Waals surface area contributed by atoms with Gasteiger partial charge < -0.3 is 14.0 Å². The molecule has 0 aliphatic heterocycles. The number of rotatable bonds is 6. The normalized spacial score (nSPS) is 11.8. The molecule has 3 rings (SSSR count). The Bertz CT molecular complexity index is 992. The number of hydrogen-bond acceptors (Lipinski definition) is 5. The SMILES string of the molecule is CCOC(=O)c1cn([C@@H](C)c2cnn(C)c2)cc(Oc2ccccc2)c1=O. The van der Waals surface area contributed by atoms with E-state index < -0.39 is 11.4 Å². The lowest BCUT2D eigenvalue weighted by Crippen LogP contribution is -2.22. The first kappa shape index (κ1) is 18.4. The molecule has 1 aromatic carbocycles. The van der Waals surface area contributed by atoms with Crippen LogP contribution in [-0.4, -0.2) is 26.9 Å². The van der Waals surface area contributed by atoms with E-state index in [9.17, 15) is 9.59 Å². The van der Waals surface area contributed by atoms with Crippen molar-refractivity contribution in [3.8, 4) is 11.5 Å². The van der Waals surface area contributed by atoms with Crippen LogP contribution in [0.25, 0.3) is 0 Å². The predicted molar refractivity (Wildman–Crippen MR) is 100 cm³/mol. The second-order valence-corrected chi connectivity index (χ2v) is 6.07. The van der Waals surface area contributed by atoms with Crippen LogP contribution >= 0.6 is 0 Å². The van der Waals surface area contributed by atoms with Gasteiger partial charge in [0.1, 0.15) is 11.3 Å². The van der Waals surface area contributed by atoms with Crippen molar-refractivity contribution in [2.75, 3.05) is 6.61 Å². The van der Waals surface area contributed by atoms with Gasteiger partial charge in [0.2, 0.25) is 5.43 Å².